The molecule has 0 saturated heterocycles. The van der Waals surface area contributed by atoms with Crippen LogP contribution in [0.1, 0.15) is 52.4 Å². The molecule has 1 aromatic carbocycles. The van der Waals surface area contributed by atoms with Gasteiger partial charge in [-0.1, -0.05) is 43.9 Å². The molecule has 0 aliphatic heterocycles. The summed E-state index contributed by atoms with van der Waals surface area (Å²) >= 11 is 0. The number of rotatable bonds is 7. The first-order valence-corrected chi connectivity index (χ1v) is 9.63. The Hall–Kier alpha value is -2.08. The Bertz CT molecular complexity index is 566. The third kappa shape index (κ3) is 7.04. The second-order valence-corrected chi connectivity index (χ2v) is 7.47. The Morgan fingerprint density at radius 1 is 1.00 bits per heavy atom. The van der Waals surface area contributed by atoms with Crippen molar-refractivity contribution in [1.29, 1.82) is 0 Å². The number of para-hydroxylation sites is 1. The predicted octanol–water partition coefficient (Wildman–Crippen LogP) is 3.02. The van der Waals surface area contributed by atoms with Crippen LogP contribution in [0, 0.1) is 0 Å². The van der Waals surface area contributed by atoms with E-state index in [0.717, 1.165) is 6.54 Å². The molecule has 0 spiro atoms. The molecule has 4 N–H and O–H groups in total. The molecule has 6 nitrogen and oxygen atoms in total. The second kappa shape index (κ2) is 10.2. The van der Waals surface area contributed by atoms with E-state index in [1.54, 1.807) is 26.0 Å². The van der Waals surface area contributed by atoms with Gasteiger partial charge in [0.05, 0.1) is 0 Å². The molecule has 0 atom stereocenters. The van der Waals surface area contributed by atoms with Crippen LogP contribution in [-0.2, 0) is 4.79 Å². The number of carbonyl (C=O) groups is 2. The van der Waals surface area contributed by atoms with Crippen LogP contribution in [0.15, 0.2) is 30.3 Å². The highest BCUT2D eigenvalue weighted by molar-refractivity contribution is 5.95. The minimum absolute atomic E-state index is 0.191. The lowest BCUT2D eigenvalue weighted by Crippen LogP contribution is -2.56. The van der Waals surface area contributed by atoms with E-state index in [0.29, 0.717) is 18.3 Å². The Labute approximate surface area is 156 Å². The van der Waals surface area contributed by atoms with Crippen molar-refractivity contribution in [3.05, 3.63) is 30.3 Å². The summed E-state index contributed by atoms with van der Waals surface area (Å²) in [6.07, 6.45) is 7.69. The zero-order chi connectivity index (χ0) is 18.8. The van der Waals surface area contributed by atoms with E-state index < -0.39 is 11.6 Å². The molecule has 144 valence electrons. The van der Waals surface area contributed by atoms with Crippen LogP contribution in [-0.4, -0.2) is 36.6 Å². The van der Waals surface area contributed by atoms with Crippen molar-refractivity contribution >= 4 is 17.6 Å². The molecule has 26 heavy (non-hydrogen) atoms. The molecule has 0 aromatic heterocycles. The lowest BCUT2D eigenvalue weighted by atomic mass is 10.1. The van der Waals surface area contributed by atoms with Crippen LogP contribution in [0.25, 0.3) is 0 Å². The number of amides is 3. The van der Waals surface area contributed by atoms with Gasteiger partial charge in [0.1, 0.15) is 5.54 Å². The number of anilines is 1. The molecule has 1 aliphatic carbocycles. The average molecular weight is 361 g/mol. The van der Waals surface area contributed by atoms with Gasteiger partial charge >= 0.3 is 6.03 Å². The molecule has 2 rings (SSSR count). The normalized spacial score (nSPS) is 15.8. The van der Waals surface area contributed by atoms with E-state index in [1.807, 2.05) is 18.2 Å². The van der Waals surface area contributed by atoms with Crippen molar-refractivity contribution < 1.29 is 9.59 Å². The fourth-order valence-electron chi connectivity index (χ4n) is 3.18. The first-order chi connectivity index (χ1) is 12.5. The van der Waals surface area contributed by atoms with E-state index in [1.165, 1.54) is 38.5 Å². The molecular formula is C20H32N4O2. The summed E-state index contributed by atoms with van der Waals surface area (Å²) in [7, 11) is 0. The zero-order valence-corrected chi connectivity index (χ0v) is 15.9. The Kier molecular flexibility index (Phi) is 7.91. The number of carbonyl (C=O) groups excluding carboxylic acids is 2. The lowest BCUT2D eigenvalue weighted by Gasteiger charge is -2.25. The molecule has 3 amide bonds. The number of nitrogens with one attached hydrogen (secondary N) is 4. The van der Waals surface area contributed by atoms with E-state index in [2.05, 4.69) is 21.3 Å². The van der Waals surface area contributed by atoms with Gasteiger partial charge in [0.25, 0.3) is 0 Å². The first-order valence-electron chi connectivity index (χ1n) is 9.63. The highest BCUT2D eigenvalue weighted by Crippen LogP contribution is 2.16. The number of hydrogen-bond donors (Lipinski definition) is 4. The average Bonchev–Trinajstić information content (AvgIpc) is 2.87. The van der Waals surface area contributed by atoms with Gasteiger partial charge < -0.3 is 21.3 Å². The third-order valence-corrected chi connectivity index (χ3v) is 4.72. The van der Waals surface area contributed by atoms with Gasteiger partial charge in [-0.05, 0) is 38.8 Å². The largest absolute Gasteiger partial charge is 0.353 e. The highest BCUT2D eigenvalue weighted by Gasteiger charge is 2.29. The Morgan fingerprint density at radius 3 is 2.31 bits per heavy atom. The van der Waals surface area contributed by atoms with Crippen LogP contribution in [0.4, 0.5) is 10.5 Å². The number of hydrogen-bond acceptors (Lipinski definition) is 3. The standard InChI is InChI=1S/C20H32N4O2/c1-20(2,24-19(26)23-17-12-8-5-9-13-17)18(25)22-15-14-21-16-10-6-3-4-7-11-16/h5,8-9,12-13,16,21H,3-4,6-7,10-11,14-15H2,1-2H3,(H,22,25)(H2,23,24,26). The highest BCUT2D eigenvalue weighted by atomic mass is 16.2. The molecule has 1 aromatic rings. The van der Waals surface area contributed by atoms with Crippen molar-refractivity contribution in [2.24, 2.45) is 0 Å². The monoisotopic (exact) mass is 360 g/mol. The van der Waals surface area contributed by atoms with Gasteiger partial charge in [-0.25, -0.2) is 4.79 Å². The fourth-order valence-corrected chi connectivity index (χ4v) is 3.18. The van der Waals surface area contributed by atoms with Gasteiger partial charge in [-0.3, -0.25) is 4.79 Å². The molecule has 0 bridgehead atoms. The Morgan fingerprint density at radius 2 is 1.65 bits per heavy atom. The van der Waals surface area contributed by atoms with E-state index in [9.17, 15) is 9.59 Å². The quantitative estimate of drug-likeness (QED) is 0.446. The topological polar surface area (TPSA) is 82.3 Å². The fraction of sp³-hybridized carbons (Fsp3) is 0.600. The molecule has 6 heteroatoms. The smallest absolute Gasteiger partial charge is 0.320 e. The number of benzene rings is 1. The van der Waals surface area contributed by atoms with Gasteiger partial charge in [0.2, 0.25) is 5.91 Å². The molecule has 1 fully saturated rings. The van der Waals surface area contributed by atoms with E-state index >= 15 is 0 Å². The molecular weight excluding hydrogens is 328 g/mol. The predicted molar refractivity (Wildman–Crippen MR) is 105 cm³/mol. The van der Waals surface area contributed by atoms with Gasteiger partial charge in [0.15, 0.2) is 0 Å². The maximum Gasteiger partial charge on any atom is 0.320 e. The first kappa shape index (κ1) is 20.2. The van der Waals surface area contributed by atoms with Gasteiger partial charge in [0, 0.05) is 24.8 Å². The second-order valence-electron chi connectivity index (χ2n) is 7.47. The van der Waals surface area contributed by atoms with Crippen molar-refractivity contribution in [2.45, 2.75) is 64.0 Å². The summed E-state index contributed by atoms with van der Waals surface area (Å²) in [6.45, 7) is 4.71. The minimum atomic E-state index is -0.985. The molecule has 1 saturated carbocycles. The van der Waals surface area contributed by atoms with Crippen molar-refractivity contribution in [1.82, 2.24) is 16.0 Å². The summed E-state index contributed by atoms with van der Waals surface area (Å²) in [5.74, 6) is -0.191. The van der Waals surface area contributed by atoms with Crippen LogP contribution >= 0.6 is 0 Å². The maximum atomic E-state index is 12.4. The number of urea groups is 1. The Balaban J connectivity index is 1.68. The van der Waals surface area contributed by atoms with Crippen LogP contribution < -0.4 is 21.3 Å². The van der Waals surface area contributed by atoms with E-state index in [4.69, 9.17) is 0 Å². The van der Waals surface area contributed by atoms with Crippen molar-refractivity contribution in [3.8, 4) is 0 Å². The molecule has 0 unspecified atom stereocenters. The van der Waals surface area contributed by atoms with Crippen molar-refractivity contribution in [2.75, 3.05) is 18.4 Å². The molecule has 1 aliphatic rings. The van der Waals surface area contributed by atoms with Gasteiger partial charge in [-0.15, -0.1) is 0 Å². The molecule has 0 radical (unpaired) electrons. The molecule has 0 heterocycles. The minimum Gasteiger partial charge on any atom is -0.353 e. The SMILES string of the molecule is CC(C)(NC(=O)Nc1ccccc1)C(=O)NCCNC1CCCCCC1. The lowest BCUT2D eigenvalue weighted by molar-refractivity contribution is -0.126. The summed E-state index contributed by atoms with van der Waals surface area (Å²) < 4.78 is 0. The summed E-state index contributed by atoms with van der Waals surface area (Å²) in [5.41, 5.74) is -0.296. The van der Waals surface area contributed by atoms with Gasteiger partial charge in [-0.2, -0.15) is 0 Å². The van der Waals surface area contributed by atoms with Crippen LogP contribution in [0.5, 0.6) is 0 Å². The van der Waals surface area contributed by atoms with Crippen molar-refractivity contribution in [3.63, 3.8) is 0 Å². The van der Waals surface area contributed by atoms with Crippen LogP contribution in [0.2, 0.25) is 0 Å². The summed E-state index contributed by atoms with van der Waals surface area (Å²) in [5, 5.41) is 11.9. The van der Waals surface area contributed by atoms with Crippen LogP contribution in [0.3, 0.4) is 0 Å². The zero-order valence-electron chi connectivity index (χ0n) is 15.9. The summed E-state index contributed by atoms with van der Waals surface area (Å²) in [6, 6.07) is 9.33. The summed E-state index contributed by atoms with van der Waals surface area (Å²) in [4.78, 5) is 24.5. The third-order valence-electron chi connectivity index (χ3n) is 4.72. The maximum absolute atomic E-state index is 12.4. The van der Waals surface area contributed by atoms with E-state index in [-0.39, 0.29) is 5.91 Å².